The molecule has 1 aliphatic rings. The highest BCUT2D eigenvalue weighted by Crippen LogP contribution is 2.38. The summed E-state index contributed by atoms with van der Waals surface area (Å²) < 4.78 is 21.4. The Kier molecular flexibility index (Phi) is 4.47. The van der Waals surface area contributed by atoms with Gasteiger partial charge in [0.2, 0.25) is 0 Å². The van der Waals surface area contributed by atoms with E-state index in [9.17, 15) is 19.3 Å². The minimum Gasteiger partial charge on any atom is -0.390 e. The number of ether oxygens (including phenoxy) is 1. The number of aromatic amines is 1. The third-order valence-electron chi connectivity index (χ3n) is 3.07. The summed E-state index contributed by atoms with van der Waals surface area (Å²) in [6.45, 7) is 0.994. The van der Waals surface area contributed by atoms with E-state index in [0.717, 1.165) is 4.57 Å². The molecule has 1 fully saturated rings. The van der Waals surface area contributed by atoms with E-state index in [1.165, 1.54) is 13.1 Å². The summed E-state index contributed by atoms with van der Waals surface area (Å²) in [6.07, 6.45) is -1.57. The molecule has 11 heteroatoms. The second kappa shape index (κ2) is 5.84. The Balaban J connectivity index is 2.14. The molecule has 0 spiro atoms. The molecule has 3 atom stereocenters. The van der Waals surface area contributed by atoms with E-state index in [1.807, 2.05) is 0 Å². The number of aryl methyl sites for hydroxylation is 1. The average Bonchev–Trinajstić information content (AvgIpc) is 2.72. The van der Waals surface area contributed by atoms with Crippen LogP contribution in [0.4, 0.5) is 0 Å². The van der Waals surface area contributed by atoms with Gasteiger partial charge in [-0.25, -0.2) is 9.36 Å². The number of nitrogens with zero attached hydrogens (tertiary/aromatic N) is 1. The standard InChI is InChI=1S/C10H15N2O8P/c1-5-3-12(10(15)11-9(5)14)8-2-6(13)7(20-8)4-19-21(16,17)18/h3,6-8,13H,2,4H2,1H3,(H,11,14,15)(H2,16,17,18). The molecule has 1 saturated heterocycles. The first-order valence-electron chi connectivity index (χ1n) is 6.03. The minimum absolute atomic E-state index is 0.0283. The van der Waals surface area contributed by atoms with Gasteiger partial charge in [-0.2, -0.15) is 0 Å². The molecule has 0 amide bonds. The Morgan fingerprint density at radius 2 is 2.19 bits per heavy atom. The van der Waals surface area contributed by atoms with Crippen LogP contribution >= 0.6 is 7.82 Å². The summed E-state index contributed by atoms with van der Waals surface area (Å²) in [4.78, 5) is 42.3. The van der Waals surface area contributed by atoms with Gasteiger partial charge in [-0.15, -0.1) is 0 Å². The van der Waals surface area contributed by atoms with Gasteiger partial charge in [0.25, 0.3) is 5.56 Å². The Hall–Kier alpha value is -1.29. The van der Waals surface area contributed by atoms with Crippen molar-refractivity contribution in [3.05, 3.63) is 32.6 Å². The molecule has 2 heterocycles. The minimum atomic E-state index is -4.67. The van der Waals surface area contributed by atoms with Crippen LogP contribution in [-0.4, -0.2) is 43.3 Å². The lowest BCUT2D eigenvalue weighted by atomic mass is 10.2. The number of aliphatic hydroxyl groups excluding tert-OH is 1. The largest absolute Gasteiger partial charge is 0.469 e. The highest BCUT2D eigenvalue weighted by Gasteiger charge is 2.37. The lowest BCUT2D eigenvalue weighted by molar-refractivity contribution is -0.0451. The van der Waals surface area contributed by atoms with Crippen LogP contribution in [0, 0.1) is 6.92 Å². The van der Waals surface area contributed by atoms with Gasteiger partial charge in [-0.1, -0.05) is 0 Å². The van der Waals surface area contributed by atoms with Crippen molar-refractivity contribution in [3.8, 4) is 0 Å². The molecule has 0 bridgehead atoms. The second-order valence-corrected chi connectivity index (χ2v) is 5.94. The smallest absolute Gasteiger partial charge is 0.390 e. The van der Waals surface area contributed by atoms with E-state index in [-0.39, 0.29) is 6.42 Å². The van der Waals surface area contributed by atoms with Crippen molar-refractivity contribution in [3.63, 3.8) is 0 Å². The van der Waals surface area contributed by atoms with Crippen LogP contribution in [0.5, 0.6) is 0 Å². The molecule has 0 aliphatic carbocycles. The fourth-order valence-corrected chi connectivity index (χ4v) is 2.35. The maximum absolute atomic E-state index is 11.7. The van der Waals surface area contributed by atoms with E-state index in [4.69, 9.17) is 14.5 Å². The Morgan fingerprint density at radius 1 is 1.52 bits per heavy atom. The van der Waals surface area contributed by atoms with E-state index in [0.29, 0.717) is 5.56 Å². The fourth-order valence-electron chi connectivity index (χ4n) is 2.01. The predicted molar refractivity (Wildman–Crippen MR) is 68.6 cm³/mol. The molecular weight excluding hydrogens is 307 g/mol. The zero-order valence-electron chi connectivity index (χ0n) is 11.0. The van der Waals surface area contributed by atoms with E-state index in [2.05, 4.69) is 9.51 Å². The number of aliphatic hydroxyl groups is 1. The first-order valence-corrected chi connectivity index (χ1v) is 7.56. The number of phosphoric acid groups is 1. The molecule has 4 N–H and O–H groups in total. The molecule has 3 unspecified atom stereocenters. The molecule has 10 nitrogen and oxygen atoms in total. The van der Waals surface area contributed by atoms with Crippen molar-refractivity contribution in [1.29, 1.82) is 0 Å². The van der Waals surface area contributed by atoms with Gasteiger partial charge in [-0.05, 0) is 6.92 Å². The van der Waals surface area contributed by atoms with Crippen LogP contribution in [0.2, 0.25) is 0 Å². The van der Waals surface area contributed by atoms with Gasteiger partial charge < -0.3 is 19.6 Å². The Morgan fingerprint density at radius 3 is 2.81 bits per heavy atom. The van der Waals surface area contributed by atoms with Crippen molar-refractivity contribution in [2.24, 2.45) is 0 Å². The fraction of sp³-hybridized carbons (Fsp3) is 0.600. The molecule has 1 aliphatic heterocycles. The summed E-state index contributed by atoms with van der Waals surface area (Å²) in [7, 11) is -4.67. The number of rotatable bonds is 4. The maximum Gasteiger partial charge on any atom is 0.469 e. The quantitative estimate of drug-likeness (QED) is 0.494. The van der Waals surface area contributed by atoms with Crippen molar-refractivity contribution in [2.75, 3.05) is 6.61 Å². The lowest BCUT2D eigenvalue weighted by Gasteiger charge is -2.16. The maximum atomic E-state index is 11.7. The van der Waals surface area contributed by atoms with Gasteiger partial charge in [0, 0.05) is 18.2 Å². The van der Waals surface area contributed by atoms with E-state index >= 15 is 0 Å². The molecule has 2 rings (SSSR count). The summed E-state index contributed by atoms with van der Waals surface area (Å²) >= 11 is 0. The molecule has 1 aromatic rings. The summed E-state index contributed by atoms with van der Waals surface area (Å²) in [6, 6.07) is 0. The Labute approximate surface area is 118 Å². The van der Waals surface area contributed by atoms with Crippen molar-refractivity contribution in [1.82, 2.24) is 9.55 Å². The Bertz CT molecular complexity index is 676. The highest BCUT2D eigenvalue weighted by molar-refractivity contribution is 7.46. The van der Waals surface area contributed by atoms with Crippen LogP contribution in [0.25, 0.3) is 0 Å². The van der Waals surface area contributed by atoms with Crippen LogP contribution in [0.15, 0.2) is 15.8 Å². The number of hydrogen-bond donors (Lipinski definition) is 4. The zero-order chi connectivity index (χ0) is 15.8. The number of nitrogens with one attached hydrogen (secondary N) is 1. The number of aromatic nitrogens is 2. The van der Waals surface area contributed by atoms with Crippen LogP contribution in [-0.2, 0) is 13.8 Å². The summed E-state index contributed by atoms with van der Waals surface area (Å²) in [5, 5.41) is 9.79. The van der Waals surface area contributed by atoms with Gasteiger partial charge in [0.05, 0.1) is 12.7 Å². The predicted octanol–water partition coefficient (Wildman–Crippen LogP) is -1.40. The first-order chi connectivity index (χ1) is 9.67. The highest BCUT2D eigenvalue weighted by atomic mass is 31.2. The SMILES string of the molecule is Cc1cn(C2CC(O)C(COP(=O)(O)O)O2)c(=O)[nH]c1=O. The molecular formula is C10H15N2O8P. The zero-order valence-corrected chi connectivity index (χ0v) is 11.9. The second-order valence-electron chi connectivity index (χ2n) is 4.70. The van der Waals surface area contributed by atoms with E-state index in [1.54, 1.807) is 0 Å². The first kappa shape index (κ1) is 16.1. The molecule has 0 aromatic carbocycles. The summed E-state index contributed by atoms with van der Waals surface area (Å²) in [5.74, 6) is 0. The number of H-pyrrole nitrogens is 1. The van der Waals surface area contributed by atoms with Gasteiger partial charge in [0.15, 0.2) is 0 Å². The van der Waals surface area contributed by atoms with Crippen LogP contribution in [0.1, 0.15) is 18.2 Å². The monoisotopic (exact) mass is 322 g/mol. The van der Waals surface area contributed by atoms with Crippen LogP contribution < -0.4 is 11.2 Å². The normalized spacial score (nSPS) is 26.2. The van der Waals surface area contributed by atoms with Crippen LogP contribution in [0.3, 0.4) is 0 Å². The van der Waals surface area contributed by atoms with Gasteiger partial charge >= 0.3 is 13.5 Å². The van der Waals surface area contributed by atoms with E-state index < -0.39 is 44.1 Å². The topological polar surface area (TPSA) is 151 Å². The van der Waals surface area contributed by atoms with Crippen molar-refractivity contribution in [2.45, 2.75) is 31.8 Å². The molecule has 1 aromatic heterocycles. The molecule has 21 heavy (non-hydrogen) atoms. The van der Waals surface area contributed by atoms with Gasteiger partial charge in [-0.3, -0.25) is 18.9 Å². The summed E-state index contributed by atoms with van der Waals surface area (Å²) in [5.41, 5.74) is -0.918. The molecule has 118 valence electrons. The van der Waals surface area contributed by atoms with Gasteiger partial charge in [0.1, 0.15) is 12.3 Å². The molecule has 0 radical (unpaired) electrons. The number of hydrogen-bond acceptors (Lipinski definition) is 6. The van der Waals surface area contributed by atoms with Crippen molar-refractivity contribution < 1.29 is 28.7 Å². The lowest BCUT2D eigenvalue weighted by Crippen LogP contribution is -2.33. The third-order valence-corrected chi connectivity index (χ3v) is 3.55. The third kappa shape index (κ3) is 3.88. The number of phosphoric ester groups is 1. The average molecular weight is 322 g/mol. The molecule has 0 saturated carbocycles. The van der Waals surface area contributed by atoms with Crippen molar-refractivity contribution >= 4 is 7.82 Å².